The lowest BCUT2D eigenvalue weighted by Crippen LogP contribution is -2.26. The molecular weight excluding hydrogens is 520 g/mol. The van der Waals surface area contributed by atoms with E-state index in [0.29, 0.717) is 45.9 Å². The molecule has 0 spiro atoms. The molecule has 0 aromatic carbocycles. The Bertz CT molecular complexity index is 1820. The van der Waals surface area contributed by atoms with Gasteiger partial charge in [0.15, 0.2) is 23.3 Å². The zero-order valence-corrected chi connectivity index (χ0v) is 20.9. The number of thioether (sulfide) groups is 2. The highest BCUT2D eigenvalue weighted by molar-refractivity contribution is 8.15. The number of aromatic nitrogens is 8. The molecule has 0 saturated carbocycles. The molecule has 12 heteroatoms. The van der Waals surface area contributed by atoms with Crippen LogP contribution in [0.5, 0.6) is 0 Å². The van der Waals surface area contributed by atoms with Crippen LogP contribution in [0.1, 0.15) is 23.3 Å². The fourth-order valence-electron chi connectivity index (χ4n) is 5.70. The van der Waals surface area contributed by atoms with Gasteiger partial charge >= 0.3 is 0 Å². The zero-order valence-electron chi connectivity index (χ0n) is 19.2. The SMILES string of the molecule is O=C1SC2C=C[C@H]1C1=C2c2nc1nc1ccc(nc3nc(nc4ccc(n2)[nH]4)C2=C3[C@@H]3C=C[C@@H]2C(=O)S3)[nH]1. The number of fused-ring (bicyclic) bond motifs is 10. The molecule has 0 fully saturated rings. The van der Waals surface area contributed by atoms with Gasteiger partial charge in [-0.25, -0.2) is 29.9 Å². The van der Waals surface area contributed by atoms with Gasteiger partial charge in [0.2, 0.25) is 10.2 Å². The monoisotopic (exact) mass is 534 g/mol. The Balaban J connectivity index is 1.34. The number of hydrogen-bond acceptors (Lipinski definition) is 10. The van der Waals surface area contributed by atoms with E-state index in [9.17, 15) is 9.59 Å². The van der Waals surface area contributed by atoms with Gasteiger partial charge in [-0.15, -0.1) is 0 Å². The number of allylic oxidation sites excluding steroid dienone is 4. The third kappa shape index (κ3) is 2.81. The van der Waals surface area contributed by atoms with Gasteiger partial charge in [-0.1, -0.05) is 47.8 Å². The molecule has 3 aromatic heterocycles. The van der Waals surface area contributed by atoms with E-state index in [1.165, 1.54) is 23.5 Å². The second-order valence-electron chi connectivity index (χ2n) is 9.52. The Morgan fingerprint density at radius 1 is 0.500 bits per heavy atom. The number of carbonyl (C=O) groups excluding carboxylic acids is 2. The standard InChI is InChI=1S/C26H14N8O2S2/c35-25-9-1-3-11(37-25)19-17(9)21-29-13-5-7-16(27-13)32-24-20-12-4-2-10(26(36)38-12)18(20)22(34-24)30-14-6-8-15(28-14)31-23(19)33-21/h1-12H,(H2,27,28,29,30,31,32,33,34)/t9-,10-,11-,12?/m0/s1. The minimum Gasteiger partial charge on any atom is -0.325 e. The second kappa shape index (κ2) is 7.23. The number of aromatic amines is 2. The molecule has 8 aliphatic rings. The van der Waals surface area contributed by atoms with Crippen LogP contribution in [0.25, 0.3) is 44.9 Å². The summed E-state index contributed by atoms with van der Waals surface area (Å²) < 4.78 is 0. The van der Waals surface area contributed by atoms with Crippen LogP contribution >= 0.6 is 23.5 Å². The number of hydrogen-bond donors (Lipinski definition) is 2. The second-order valence-corrected chi connectivity index (χ2v) is 11.8. The summed E-state index contributed by atoms with van der Waals surface area (Å²) in [6.45, 7) is 0. The van der Waals surface area contributed by atoms with Crippen LogP contribution < -0.4 is 0 Å². The van der Waals surface area contributed by atoms with E-state index in [0.717, 1.165) is 22.3 Å². The van der Waals surface area contributed by atoms with Crippen molar-refractivity contribution in [3.8, 4) is 0 Å². The molecule has 182 valence electrons. The first-order chi connectivity index (χ1) is 18.6. The summed E-state index contributed by atoms with van der Waals surface area (Å²) in [4.78, 5) is 60.6. The highest BCUT2D eigenvalue weighted by atomic mass is 32.2. The molecule has 0 amide bonds. The van der Waals surface area contributed by atoms with Crippen LogP contribution in [0.2, 0.25) is 0 Å². The molecule has 2 N–H and O–H groups in total. The summed E-state index contributed by atoms with van der Waals surface area (Å²) >= 11 is 2.60. The van der Waals surface area contributed by atoms with Crippen LogP contribution in [-0.2, 0) is 9.59 Å². The maximum Gasteiger partial charge on any atom is 0.201 e. The van der Waals surface area contributed by atoms with Gasteiger partial charge in [0, 0.05) is 22.3 Å². The summed E-state index contributed by atoms with van der Waals surface area (Å²) in [5.41, 5.74) is 5.74. The van der Waals surface area contributed by atoms with Crippen molar-refractivity contribution in [2.24, 2.45) is 11.8 Å². The third-order valence-electron chi connectivity index (χ3n) is 7.33. The summed E-state index contributed by atoms with van der Waals surface area (Å²) in [5.74, 6) is 1.23. The molecule has 1 unspecified atom stereocenters. The Kier molecular flexibility index (Phi) is 3.97. The highest BCUT2D eigenvalue weighted by Crippen LogP contribution is 2.51. The van der Waals surface area contributed by atoms with Crippen LogP contribution in [0, 0.1) is 11.8 Å². The van der Waals surface area contributed by atoms with Crippen molar-refractivity contribution in [1.29, 1.82) is 0 Å². The van der Waals surface area contributed by atoms with Crippen molar-refractivity contribution in [3.05, 3.63) is 71.9 Å². The third-order valence-corrected chi connectivity index (χ3v) is 9.59. The van der Waals surface area contributed by atoms with Gasteiger partial charge in [-0.2, -0.15) is 0 Å². The van der Waals surface area contributed by atoms with Crippen molar-refractivity contribution < 1.29 is 9.59 Å². The number of rotatable bonds is 0. The summed E-state index contributed by atoms with van der Waals surface area (Å²) in [6.07, 6.45) is 7.95. The summed E-state index contributed by atoms with van der Waals surface area (Å²) in [7, 11) is 0. The van der Waals surface area contributed by atoms with Gasteiger partial charge in [0.1, 0.15) is 22.6 Å². The average Bonchev–Trinajstić information content (AvgIpc) is 3.69. The van der Waals surface area contributed by atoms with Crippen molar-refractivity contribution in [1.82, 2.24) is 39.9 Å². The Labute approximate surface area is 221 Å². The number of nitrogens with zero attached hydrogens (tertiary/aromatic N) is 6. The van der Waals surface area contributed by atoms with E-state index in [4.69, 9.17) is 29.9 Å². The first kappa shape index (κ1) is 20.8. The first-order valence-corrected chi connectivity index (χ1v) is 13.8. The van der Waals surface area contributed by atoms with Crippen molar-refractivity contribution in [2.45, 2.75) is 10.5 Å². The Hall–Kier alpha value is -4.16. The quantitative estimate of drug-likeness (QED) is 0.412. The van der Waals surface area contributed by atoms with E-state index >= 15 is 0 Å². The topological polar surface area (TPSA) is 143 Å². The lowest BCUT2D eigenvalue weighted by Gasteiger charge is -2.29. The van der Waals surface area contributed by atoms with E-state index < -0.39 is 11.8 Å². The van der Waals surface area contributed by atoms with Crippen molar-refractivity contribution in [3.63, 3.8) is 0 Å². The first-order valence-electron chi connectivity index (χ1n) is 12.0. The summed E-state index contributed by atoms with van der Waals surface area (Å²) in [6, 6.07) is 7.30. The smallest absolute Gasteiger partial charge is 0.201 e. The van der Waals surface area contributed by atoms with Crippen LogP contribution in [-0.4, -0.2) is 60.6 Å². The van der Waals surface area contributed by atoms with E-state index in [-0.39, 0.29) is 20.7 Å². The van der Waals surface area contributed by atoms with Gasteiger partial charge in [-0.3, -0.25) is 9.59 Å². The molecule has 2 aliphatic carbocycles. The van der Waals surface area contributed by atoms with Gasteiger partial charge in [-0.05, 0) is 24.3 Å². The molecule has 0 radical (unpaired) electrons. The number of H-pyrrole nitrogens is 2. The predicted molar refractivity (Wildman–Crippen MR) is 144 cm³/mol. The molecule has 10 nitrogen and oxygen atoms in total. The van der Waals surface area contributed by atoms with E-state index in [2.05, 4.69) is 9.97 Å². The fourth-order valence-corrected chi connectivity index (χ4v) is 7.92. The number of carbonyl (C=O) groups is 2. The maximum absolute atomic E-state index is 12.7. The minimum absolute atomic E-state index is 0.0942. The van der Waals surface area contributed by atoms with Crippen LogP contribution in [0.4, 0.5) is 0 Å². The molecule has 12 bridgehead atoms. The zero-order chi connectivity index (χ0) is 25.1. The minimum atomic E-state index is -0.396. The van der Waals surface area contributed by atoms with Crippen LogP contribution in [0.3, 0.4) is 0 Å². The van der Waals surface area contributed by atoms with E-state index in [1.54, 1.807) is 0 Å². The lowest BCUT2D eigenvalue weighted by molar-refractivity contribution is -0.112. The number of nitrogens with one attached hydrogen (secondary N) is 2. The Morgan fingerprint density at radius 2 is 0.868 bits per heavy atom. The van der Waals surface area contributed by atoms with E-state index in [1.807, 2.05) is 48.6 Å². The maximum atomic E-state index is 12.7. The molecule has 6 aliphatic heterocycles. The highest BCUT2D eigenvalue weighted by Gasteiger charge is 2.45. The van der Waals surface area contributed by atoms with Gasteiger partial charge in [0.25, 0.3) is 0 Å². The fraction of sp³-hybridized carbons (Fsp3) is 0.154. The largest absolute Gasteiger partial charge is 0.325 e. The molecule has 3 aromatic rings. The molecular formula is C26H14N8O2S2. The normalized spacial score (nSPS) is 26.4. The van der Waals surface area contributed by atoms with Crippen LogP contribution in [0.15, 0.2) is 48.6 Å². The van der Waals surface area contributed by atoms with Gasteiger partial charge < -0.3 is 9.97 Å². The summed E-state index contributed by atoms with van der Waals surface area (Å²) in [5, 5.41) is -0.108. The molecule has 0 saturated heterocycles. The molecule has 9 heterocycles. The van der Waals surface area contributed by atoms with Gasteiger partial charge in [0.05, 0.1) is 22.3 Å². The molecule has 4 atom stereocenters. The lowest BCUT2D eigenvalue weighted by atomic mass is 9.88. The Morgan fingerprint density at radius 3 is 1.24 bits per heavy atom. The molecule has 11 rings (SSSR count). The predicted octanol–water partition coefficient (Wildman–Crippen LogP) is 3.37. The molecule has 38 heavy (non-hydrogen) atoms. The van der Waals surface area contributed by atoms with Crippen molar-refractivity contribution in [2.75, 3.05) is 0 Å². The van der Waals surface area contributed by atoms with Crippen molar-refractivity contribution >= 4 is 78.6 Å². The average molecular weight is 535 g/mol.